The highest BCUT2D eigenvalue weighted by Gasteiger charge is 1.81. The Morgan fingerprint density at radius 3 is 3.50 bits per heavy atom. The van der Waals surface area contributed by atoms with Crippen LogP contribution in [-0.4, -0.2) is 6.54 Å². The largest absolute Gasteiger partial charge is 0.381 e. The van der Waals surface area contributed by atoms with E-state index in [2.05, 4.69) is 24.0 Å². The van der Waals surface area contributed by atoms with Crippen molar-refractivity contribution in [3.05, 3.63) is 29.7 Å². The smallest absolute Gasteiger partial charge is 0.0400 e. The molecule has 42 valence electrons. The van der Waals surface area contributed by atoms with Crippen LogP contribution in [0.4, 0.5) is 0 Å². The summed E-state index contributed by atoms with van der Waals surface area (Å²) in [5.74, 6) is 0. The van der Waals surface area contributed by atoms with E-state index in [1.54, 1.807) is 0 Å². The Balaban J connectivity index is 2.76. The van der Waals surface area contributed by atoms with E-state index in [1.807, 2.05) is 12.3 Å². The number of hydrogen-bond donors (Lipinski definition) is 1. The van der Waals surface area contributed by atoms with E-state index in [1.165, 1.54) is 5.57 Å². The molecule has 0 bridgehead atoms. The molecule has 0 aromatic carbocycles. The highest BCUT2D eigenvalue weighted by molar-refractivity contribution is 5.17. The van der Waals surface area contributed by atoms with Crippen LogP contribution in [0.15, 0.2) is 29.7 Å². The summed E-state index contributed by atoms with van der Waals surface area (Å²) < 4.78 is 0. The lowest BCUT2D eigenvalue weighted by molar-refractivity contribution is 0.987. The van der Waals surface area contributed by atoms with E-state index in [-0.39, 0.29) is 0 Å². The summed E-state index contributed by atoms with van der Waals surface area (Å²) in [6.45, 7) is 2.99. The highest BCUT2D eigenvalue weighted by Crippen LogP contribution is 1.93. The van der Waals surface area contributed by atoms with Crippen molar-refractivity contribution in [1.29, 1.82) is 0 Å². The summed E-state index contributed by atoms with van der Waals surface area (Å²) in [6.07, 6.45) is 5.91. The number of allylic oxidation sites excluding steroid dienone is 2. The molecule has 1 nitrogen and oxygen atoms in total. The quantitative estimate of drug-likeness (QED) is 0.459. The minimum absolute atomic E-state index is 0.926. The average molecular weight is 107 g/mol. The van der Waals surface area contributed by atoms with E-state index in [0.717, 1.165) is 6.54 Å². The van der Waals surface area contributed by atoms with Gasteiger partial charge in [-0.05, 0) is 18.6 Å². The van der Waals surface area contributed by atoms with Gasteiger partial charge >= 0.3 is 0 Å². The predicted molar refractivity (Wildman–Crippen MR) is 34.4 cm³/mol. The second-order valence-corrected chi connectivity index (χ2v) is 1.81. The fourth-order valence-corrected chi connectivity index (χ4v) is 0.570. The molecule has 0 aliphatic carbocycles. The minimum atomic E-state index is 0.926. The SMILES string of the molecule is CC1=CCNC=C=C1. The average Bonchev–Trinajstić information content (AvgIpc) is 1.94. The van der Waals surface area contributed by atoms with Gasteiger partial charge in [0.15, 0.2) is 0 Å². The van der Waals surface area contributed by atoms with Crippen LogP contribution in [0.25, 0.3) is 0 Å². The molecule has 0 spiro atoms. The molecule has 1 heterocycles. The van der Waals surface area contributed by atoms with Crippen LogP contribution in [0.3, 0.4) is 0 Å². The second-order valence-electron chi connectivity index (χ2n) is 1.81. The van der Waals surface area contributed by atoms with Gasteiger partial charge in [0.05, 0.1) is 0 Å². The van der Waals surface area contributed by atoms with Gasteiger partial charge in [0.1, 0.15) is 0 Å². The van der Waals surface area contributed by atoms with Gasteiger partial charge in [0.2, 0.25) is 0 Å². The lowest BCUT2D eigenvalue weighted by Gasteiger charge is -1.87. The Hall–Kier alpha value is -0.940. The van der Waals surface area contributed by atoms with Crippen LogP contribution >= 0.6 is 0 Å². The minimum Gasteiger partial charge on any atom is -0.381 e. The van der Waals surface area contributed by atoms with Crippen molar-refractivity contribution in [1.82, 2.24) is 5.32 Å². The van der Waals surface area contributed by atoms with E-state index in [9.17, 15) is 0 Å². The first-order valence-electron chi connectivity index (χ1n) is 2.71. The van der Waals surface area contributed by atoms with Crippen LogP contribution in [0.5, 0.6) is 0 Å². The fraction of sp³-hybridized carbons (Fsp3) is 0.286. The van der Waals surface area contributed by atoms with Gasteiger partial charge < -0.3 is 5.32 Å². The zero-order valence-corrected chi connectivity index (χ0v) is 4.94. The molecule has 1 aliphatic heterocycles. The van der Waals surface area contributed by atoms with Crippen molar-refractivity contribution < 1.29 is 0 Å². The van der Waals surface area contributed by atoms with Gasteiger partial charge in [-0.15, -0.1) is 5.73 Å². The molecule has 8 heavy (non-hydrogen) atoms. The molecule has 1 rings (SSSR count). The van der Waals surface area contributed by atoms with Crippen LogP contribution in [0.2, 0.25) is 0 Å². The molecule has 0 atom stereocenters. The monoisotopic (exact) mass is 107 g/mol. The zero-order valence-electron chi connectivity index (χ0n) is 4.94. The lowest BCUT2D eigenvalue weighted by Crippen LogP contribution is -2.01. The van der Waals surface area contributed by atoms with Crippen LogP contribution < -0.4 is 5.32 Å². The number of rotatable bonds is 0. The van der Waals surface area contributed by atoms with Gasteiger partial charge in [-0.3, -0.25) is 0 Å². The maximum absolute atomic E-state index is 3.03. The maximum Gasteiger partial charge on any atom is 0.0400 e. The third kappa shape index (κ3) is 1.28. The van der Waals surface area contributed by atoms with Crippen LogP contribution in [0.1, 0.15) is 6.92 Å². The first-order valence-corrected chi connectivity index (χ1v) is 2.71. The maximum atomic E-state index is 3.03. The molecule has 0 aromatic heterocycles. The molecular weight excluding hydrogens is 98.1 g/mol. The summed E-state index contributed by atoms with van der Waals surface area (Å²) in [5.41, 5.74) is 4.24. The van der Waals surface area contributed by atoms with Gasteiger partial charge in [0.25, 0.3) is 0 Å². The van der Waals surface area contributed by atoms with Crippen molar-refractivity contribution in [3.63, 3.8) is 0 Å². The Kier molecular flexibility index (Phi) is 1.55. The topological polar surface area (TPSA) is 12.0 Å². The summed E-state index contributed by atoms with van der Waals surface area (Å²) in [4.78, 5) is 0. The number of hydrogen-bond acceptors (Lipinski definition) is 1. The Labute approximate surface area is 49.4 Å². The molecule has 0 radical (unpaired) electrons. The molecule has 0 saturated heterocycles. The Bertz CT molecular complexity index is 159. The van der Waals surface area contributed by atoms with Gasteiger partial charge in [0, 0.05) is 12.7 Å². The molecule has 0 fully saturated rings. The van der Waals surface area contributed by atoms with Gasteiger partial charge in [-0.25, -0.2) is 0 Å². The molecule has 0 aromatic rings. The predicted octanol–water partition coefficient (Wildman–Crippen LogP) is 1.20. The second kappa shape index (κ2) is 2.39. The van der Waals surface area contributed by atoms with Crippen molar-refractivity contribution in [2.24, 2.45) is 0 Å². The summed E-state index contributed by atoms with van der Waals surface area (Å²) in [5, 5.41) is 3.03. The summed E-state index contributed by atoms with van der Waals surface area (Å²) in [6, 6.07) is 0. The molecule has 1 aliphatic rings. The molecule has 0 amide bonds. The summed E-state index contributed by atoms with van der Waals surface area (Å²) >= 11 is 0. The van der Waals surface area contributed by atoms with Crippen LogP contribution in [-0.2, 0) is 0 Å². The van der Waals surface area contributed by atoms with Crippen molar-refractivity contribution >= 4 is 0 Å². The fourth-order valence-electron chi connectivity index (χ4n) is 0.570. The van der Waals surface area contributed by atoms with E-state index >= 15 is 0 Å². The normalized spacial score (nSPS) is 16.9. The van der Waals surface area contributed by atoms with E-state index < -0.39 is 0 Å². The van der Waals surface area contributed by atoms with Crippen molar-refractivity contribution in [2.45, 2.75) is 6.92 Å². The zero-order chi connectivity index (χ0) is 5.82. The van der Waals surface area contributed by atoms with Crippen LogP contribution in [0, 0.1) is 0 Å². The van der Waals surface area contributed by atoms with Crippen molar-refractivity contribution in [3.8, 4) is 0 Å². The lowest BCUT2D eigenvalue weighted by atomic mass is 10.3. The number of nitrogens with one attached hydrogen (secondary N) is 1. The Morgan fingerprint density at radius 2 is 2.62 bits per heavy atom. The standard InChI is InChI=1S/C7H9N/c1-7-3-2-5-8-6-4-7/h3-5,8H,6H2,1H3. The van der Waals surface area contributed by atoms with Gasteiger partial charge in [-0.2, -0.15) is 0 Å². The first-order chi connectivity index (χ1) is 3.89. The third-order valence-corrected chi connectivity index (χ3v) is 1.04. The molecular formula is C7H9N. The highest BCUT2D eigenvalue weighted by atomic mass is 14.8. The molecule has 1 heteroatoms. The summed E-state index contributed by atoms with van der Waals surface area (Å²) in [7, 11) is 0. The van der Waals surface area contributed by atoms with Gasteiger partial charge in [-0.1, -0.05) is 6.08 Å². The third-order valence-electron chi connectivity index (χ3n) is 1.04. The van der Waals surface area contributed by atoms with E-state index in [0.29, 0.717) is 0 Å². The first kappa shape index (κ1) is 5.20. The Morgan fingerprint density at radius 1 is 1.75 bits per heavy atom. The van der Waals surface area contributed by atoms with E-state index in [4.69, 9.17) is 0 Å². The molecule has 1 N–H and O–H groups in total. The molecule has 0 saturated carbocycles. The molecule has 0 unspecified atom stereocenters. The van der Waals surface area contributed by atoms with Crippen molar-refractivity contribution in [2.75, 3.05) is 6.54 Å².